The number of ether oxygens (including phenoxy) is 2. The van der Waals surface area contributed by atoms with Crippen LogP contribution in [0.2, 0.25) is 0 Å². The third-order valence-corrected chi connectivity index (χ3v) is 3.92. The monoisotopic (exact) mass is 200 g/mol. The molecule has 0 amide bonds. The summed E-state index contributed by atoms with van der Waals surface area (Å²) in [6.45, 7) is 16.7. The molecule has 2 heteroatoms. The van der Waals surface area contributed by atoms with Gasteiger partial charge in [-0.2, -0.15) is 0 Å². The van der Waals surface area contributed by atoms with E-state index in [2.05, 4.69) is 55.4 Å². The highest BCUT2D eigenvalue weighted by Crippen LogP contribution is 2.46. The van der Waals surface area contributed by atoms with Crippen molar-refractivity contribution in [1.29, 1.82) is 0 Å². The summed E-state index contributed by atoms with van der Waals surface area (Å²) in [6.07, 6.45) is 0. The first-order valence-electron chi connectivity index (χ1n) is 5.32. The zero-order valence-electron chi connectivity index (χ0n) is 10.8. The third kappa shape index (κ3) is 1.59. The first-order valence-corrected chi connectivity index (χ1v) is 5.32. The molecule has 2 nitrogen and oxygen atoms in total. The number of rotatable bonds is 0. The maximum atomic E-state index is 6.17. The summed E-state index contributed by atoms with van der Waals surface area (Å²) in [6, 6.07) is 0. The van der Waals surface area contributed by atoms with Crippen molar-refractivity contribution in [2.45, 2.75) is 77.8 Å². The fourth-order valence-corrected chi connectivity index (χ4v) is 1.77. The highest BCUT2D eigenvalue weighted by Gasteiger charge is 2.56. The van der Waals surface area contributed by atoms with Gasteiger partial charge >= 0.3 is 0 Å². The Bertz CT molecular complexity index is 187. The van der Waals surface area contributed by atoms with Crippen molar-refractivity contribution in [3.63, 3.8) is 0 Å². The molecule has 1 fully saturated rings. The Morgan fingerprint density at radius 3 is 0.714 bits per heavy atom. The van der Waals surface area contributed by atoms with Gasteiger partial charge in [0.25, 0.3) is 0 Å². The summed E-state index contributed by atoms with van der Waals surface area (Å²) >= 11 is 0. The topological polar surface area (TPSA) is 18.5 Å². The van der Waals surface area contributed by atoms with E-state index in [1.54, 1.807) is 0 Å². The van der Waals surface area contributed by atoms with E-state index in [1.807, 2.05) is 0 Å². The summed E-state index contributed by atoms with van der Waals surface area (Å²) in [5.74, 6) is 0. The Morgan fingerprint density at radius 2 is 0.571 bits per heavy atom. The van der Waals surface area contributed by atoms with E-state index < -0.39 is 0 Å². The summed E-state index contributed by atoms with van der Waals surface area (Å²) in [7, 11) is 0. The molecule has 0 aromatic heterocycles. The Hall–Kier alpha value is -0.0800. The summed E-state index contributed by atoms with van der Waals surface area (Å²) in [5.41, 5.74) is -1.03. The molecule has 1 aliphatic heterocycles. The Balaban J connectivity index is 3.07. The predicted octanol–water partition coefficient (Wildman–Crippen LogP) is 3.15. The molecule has 0 bridgehead atoms. The molecule has 1 aliphatic rings. The fourth-order valence-electron chi connectivity index (χ4n) is 1.77. The molecule has 0 saturated carbocycles. The molecule has 0 N–H and O–H groups in total. The van der Waals surface area contributed by atoms with Crippen LogP contribution in [0, 0.1) is 0 Å². The summed E-state index contributed by atoms with van der Waals surface area (Å²) in [4.78, 5) is 0. The van der Waals surface area contributed by atoms with E-state index in [4.69, 9.17) is 9.47 Å². The van der Waals surface area contributed by atoms with Gasteiger partial charge in [-0.15, -0.1) is 0 Å². The Morgan fingerprint density at radius 1 is 0.429 bits per heavy atom. The van der Waals surface area contributed by atoms with E-state index in [1.165, 1.54) is 0 Å². The largest absolute Gasteiger partial charge is 0.364 e. The molecule has 1 heterocycles. The lowest BCUT2D eigenvalue weighted by Crippen LogP contribution is -2.68. The number of hydrogen-bond donors (Lipinski definition) is 0. The standard InChI is InChI=1S/C12H24O2/c1-9(2)10(3,4)14-12(7,8)11(5,6)13-9/h1-8H3. The van der Waals surface area contributed by atoms with E-state index in [0.717, 1.165) is 0 Å². The van der Waals surface area contributed by atoms with Gasteiger partial charge in [-0.05, 0) is 55.4 Å². The van der Waals surface area contributed by atoms with Crippen LogP contribution in [0.25, 0.3) is 0 Å². The first-order chi connectivity index (χ1) is 5.91. The predicted molar refractivity (Wildman–Crippen MR) is 58.5 cm³/mol. The van der Waals surface area contributed by atoms with Crippen LogP contribution in [0.5, 0.6) is 0 Å². The Labute approximate surface area is 88.0 Å². The second kappa shape index (κ2) is 2.73. The lowest BCUT2D eigenvalue weighted by Gasteiger charge is -2.59. The van der Waals surface area contributed by atoms with Crippen molar-refractivity contribution < 1.29 is 9.47 Å². The van der Waals surface area contributed by atoms with Crippen LogP contribution in [0.1, 0.15) is 55.4 Å². The van der Waals surface area contributed by atoms with E-state index in [9.17, 15) is 0 Å². The van der Waals surface area contributed by atoms with Crippen LogP contribution in [0.3, 0.4) is 0 Å². The molecular formula is C12H24O2. The van der Waals surface area contributed by atoms with Crippen molar-refractivity contribution in [1.82, 2.24) is 0 Å². The first kappa shape index (κ1) is 12.0. The smallest absolute Gasteiger partial charge is 0.0918 e. The molecular weight excluding hydrogens is 176 g/mol. The number of hydrogen-bond acceptors (Lipinski definition) is 2. The summed E-state index contributed by atoms with van der Waals surface area (Å²) < 4.78 is 12.3. The average Bonchev–Trinajstić information content (AvgIpc) is 1.78. The van der Waals surface area contributed by atoms with Crippen LogP contribution >= 0.6 is 0 Å². The molecule has 84 valence electrons. The lowest BCUT2D eigenvalue weighted by atomic mass is 9.79. The Kier molecular flexibility index (Phi) is 2.34. The molecule has 0 spiro atoms. The van der Waals surface area contributed by atoms with Crippen LogP contribution in [-0.4, -0.2) is 22.4 Å². The van der Waals surface area contributed by atoms with Gasteiger partial charge in [0.15, 0.2) is 0 Å². The quantitative estimate of drug-likeness (QED) is 0.598. The molecule has 1 saturated heterocycles. The van der Waals surface area contributed by atoms with Crippen LogP contribution in [0.4, 0.5) is 0 Å². The van der Waals surface area contributed by atoms with Gasteiger partial charge in [0, 0.05) is 0 Å². The van der Waals surface area contributed by atoms with Crippen molar-refractivity contribution in [2.75, 3.05) is 0 Å². The molecule has 1 rings (SSSR count). The SMILES string of the molecule is CC1(C)OC(C)(C)C(C)(C)OC1(C)C. The minimum absolute atomic E-state index is 0.258. The van der Waals surface area contributed by atoms with Gasteiger partial charge in [-0.1, -0.05) is 0 Å². The van der Waals surface area contributed by atoms with Crippen LogP contribution in [-0.2, 0) is 9.47 Å². The highest BCUT2D eigenvalue weighted by molar-refractivity contribution is 5.04. The maximum Gasteiger partial charge on any atom is 0.0918 e. The normalized spacial score (nSPS) is 32.6. The third-order valence-electron chi connectivity index (χ3n) is 3.92. The molecule has 0 aliphatic carbocycles. The molecule has 0 unspecified atom stereocenters. The van der Waals surface area contributed by atoms with Crippen molar-refractivity contribution >= 4 is 0 Å². The van der Waals surface area contributed by atoms with Crippen molar-refractivity contribution in [3.05, 3.63) is 0 Å². The van der Waals surface area contributed by atoms with Gasteiger partial charge in [-0.25, -0.2) is 0 Å². The molecule has 0 atom stereocenters. The van der Waals surface area contributed by atoms with Crippen molar-refractivity contribution in [2.24, 2.45) is 0 Å². The zero-order chi connectivity index (χ0) is 11.4. The van der Waals surface area contributed by atoms with Crippen LogP contribution in [0.15, 0.2) is 0 Å². The molecule has 14 heavy (non-hydrogen) atoms. The van der Waals surface area contributed by atoms with Crippen molar-refractivity contribution in [3.8, 4) is 0 Å². The fraction of sp³-hybridized carbons (Fsp3) is 1.00. The second-order valence-electron chi connectivity index (χ2n) is 6.25. The van der Waals surface area contributed by atoms with Gasteiger partial charge in [-0.3, -0.25) is 0 Å². The molecule has 0 aromatic carbocycles. The van der Waals surface area contributed by atoms with Crippen LogP contribution < -0.4 is 0 Å². The minimum atomic E-state index is -0.258. The highest BCUT2D eigenvalue weighted by atomic mass is 16.6. The lowest BCUT2D eigenvalue weighted by molar-refractivity contribution is -0.355. The van der Waals surface area contributed by atoms with E-state index in [0.29, 0.717) is 0 Å². The van der Waals surface area contributed by atoms with Gasteiger partial charge in [0.1, 0.15) is 0 Å². The minimum Gasteiger partial charge on any atom is -0.364 e. The maximum absolute atomic E-state index is 6.17. The second-order valence-corrected chi connectivity index (χ2v) is 6.25. The van der Waals surface area contributed by atoms with Gasteiger partial charge < -0.3 is 9.47 Å². The average molecular weight is 200 g/mol. The van der Waals surface area contributed by atoms with E-state index in [-0.39, 0.29) is 22.4 Å². The summed E-state index contributed by atoms with van der Waals surface area (Å²) in [5, 5.41) is 0. The van der Waals surface area contributed by atoms with Gasteiger partial charge in [0.2, 0.25) is 0 Å². The molecule has 0 radical (unpaired) electrons. The van der Waals surface area contributed by atoms with E-state index >= 15 is 0 Å². The molecule has 0 aromatic rings. The van der Waals surface area contributed by atoms with Gasteiger partial charge in [0.05, 0.1) is 22.4 Å². The zero-order valence-corrected chi connectivity index (χ0v) is 10.8.